The number of aliphatic hydroxyl groups is 1. The SMILES string of the molecule is O=C1N[C@H](COCc2ccccc2)[C@@H](CCO)O1. The van der Waals surface area contributed by atoms with Crippen LogP contribution in [-0.4, -0.2) is 36.6 Å². The molecule has 18 heavy (non-hydrogen) atoms. The predicted molar refractivity (Wildman–Crippen MR) is 65.0 cm³/mol. The van der Waals surface area contributed by atoms with E-state index in [0.29, 0.717) is 19.6 Å². The summed E-state index contributed by atoms with van der Waals surface area (Å²) in [5.41, 5.74) is 1.08. The molecule has 2 rings (SSSR count). The van der Waals surface area contributed by atoms with E-state index in [1.54, 1.807) is 0 Å². The zero-order valence-electron chi connectivity index (χ0n) is 10.0. The maximum atomic E-state index is 11.1. The first-order valence-corrected chi connectivity index (χ1v) is 5.99. The number of aliphatic hydroxyl groups excluding tert-OH is 1. The lowest BCUT2D eigenvalue weighted by Crippen LogP contribution is -2.36. The van der Waals surface area contributed by atoms with E-state index in [0.717, 1.165) is 5.56 Å². The van der Waals surface area contributed by atoms with Crippen LogP contribution in [0.25, 0.3) is 0 Å². The van der Waals surface area contributed by atoms with Crippen LogP contribution >= 0.6 is 0 Å². The first-order valence-electron chi connectivity index (χ1n) is 5.99. The second kappa shape index (κ2) is 6.37. The van der Waals surface area contributed by atoms with Gasteiger partial charge < -0.3 is 19.9 Å². The van der Waals surface area contributed by atoms with Gasteiger partial charge >= 0.3 is 6.09 Å². The summed E-state index contributed by atoms with van der Waals surface area (Å²) in [7, 11) is 0. The molecule has 0 radical (unpaired) electrons. The van der Waals surface area contributed by atoms with Gasteiger partial charge in [0.2, 0.25) is 0 Å². The largest absolute Gasteiger partial charge is 0.444 e. The molecule has 0 spiro atoms. The summed E-state index contributed by atoms with van der Waals surface area (Å²) < 4.78 is 10.6. The summed E-state index contributed by atoms with van der Waals surface area (Å²) >= 11 is 0. The average Bonchev–Trinajstić information content (AvgIpc) is 2.72. The van der Waals surface area contributed by atoms with Crippen molar-refractivity contribution in [1.82, 2.24) is 5.32 Å². The Morgan fingerprint density at radius 2 is 2.11 bits per heavy atom. The topological polar surface area (TPSA) is 67.8 Å². The van der Waals surface area contributed by atoms with Gasteiger partial charge in [-0.3, -0.25) is 0 Å². The minimum Gasteiger partial charge on any atom is -0.444 e. The maximum absolute atomic E-state index is 11.1. The van der Waals surface area contributed by atoms with Crippen molar-refractivity contribution in [2.24, 2.45) is 0 Å². The van der Waals surface area contributed by atoms with Gasteiger partial charge in [0.1, 0.15) is 6.10 Å². The molecule has 1 saturated heterocycles. The Morgan fingerprint density at radius 1 is 1.33 bits per heavy atom. The van der Waals surface area contributed by atoms with E-state index < -0.39 is 6.09 Å². The smallest absolute Gasteiger partial charge is 0.407 e. The van der Waals surface area contributed by atoms with Crippen molar-refractivity contribution < 1.29 is 19.4 Å². The first kappa shape index (κ1) is 12.9. The van der Waals surface area contributed by atoms with Gasteiger partial charge in [-0.25, -0.2) is 4.79 Å². The van der Waals surface area contributed by atoms with Gasteiger partial charge in [-0.05, 0) is 5.56 Å². The van der Waals surface area contributed by atoms with E-state index in [2.05, 4.69) is 5.32 Å². The summed E-state index contributed by atoms with van der Waals surface area (Å²) in [6.07, 6.45) is -0.321. The van der Waals surface area contributed by atoms with Crippen LogP contribution < -0.4 is 5.32 Å². The van der Waals surface area contributed by atoms with Gasteiger partial charge in [0.05, 0.1) is 19.3 Å². The number of hydrogen-bond donors (Lipinski definition) is 2. The Kier molecular flexibility index (Phi) is 4.55. The summed E-state index contributed by atoms with van der Waals surface area (Å²) in [4.78, 5) is 11.1. The zero-order valence-corrected chi connectivity index (χ0v) is 10.0. The fraction of sp³-hybridized carbons (Fsp3) is 0.462. The van der Waals surface area contributed by atoms with Crippen LogP contribution in [0.3, 0.4) is 0 Å². The van der Waals surface area contributed by atoms with Crippen LogP contribution in [0.15, 0.2) is 30.3 Å². The lowest BCUT2D eigenvalue weighted by atomic mass is 10.1. The lowest BCUT2D eigenvalue weighted by Gasteiger charge is -2.15. The van der Waals surface area contributed by atoms with Crippen molar-refractivity contribution in [3.8, 4) is 0 Å². The third-order valence-electron chi connectivity index (χ3n) is 2.83. The third-order valence-corrected chi connectivity index (χ3v) is 2.83. The summed E-state index contributed by atoms with van der Waals surface area (Å²) in [5.74, 6) is 0. The quantitative estimate of drug-likeness (QED) is 0.793. The van der Waals surface area contributed by atoms with Crippen molar-refractivity contribution in [3.05, 3.63) is 35.9 Å². The van der Waals surface area contributed by atoms with E-state index in [-0.39, 0.29) is 18.8 Å². The Morgan fingerprint density at radius 3 is 2.83 bits per heavy atom. The Balaban J connectivity index is 1.77. The molecule has 2 N–H and O–H groups in total. The number of carbonyl (C=O) groups is 1. The molecule has 1 heterocycles. The number of rotatable bonds is 6. The van der Waals surface area contributed by atoms with E-state index in [4.69, 9.17) is 14.6 Å². The maximum Gasteiger partial charge on any atom is 0.407 e. The van der Waals surface area contributed by atoms with Crippen molar-refractivity contribution >= 4 is 6.09 Å². The highest BCUT2D eigenvalue weighted by Crippen LogP contribution is 2.13. The van der Waals surface area contributed by atoms with Crippen molar-refractivity contribution in [1.29, 1.82) is 0 Å². The summed E-state index contributed by atoms with van der Waals surface area (Å²) in [6.45, 7) is 0.874. The van der Waals surface area contributed by atoms with Crippen LogP contribution in [0.2, 0.25) is 0 Å². The highest BCUT2D eigenvalue weighted by molar-refractivity contribution is 5.70. The highest BCUT2D eigenvalue weighted by atomic mass is 16.6. The van der Waals surface area contributed by atoms with Gasteiger partial charge in [0, 0.05) is 13.0 Å². The van der Waals surface area contributed by atoms with Gasteiger partial charge in [-0.15, -0.1) is 0 Å². The van der Waals surface area contributed by atoms with Gasteiger partial charge in [0.15, 0.2) is 0 Å². The molecule has 5 heteroatoms. The number of carbonyl (C=O) groups excluding carboxylic acids is 1. The normalized spacial score (nSPS) is 22.6. The molecule has 1 aliphatic rings. The molecular weight excluding hydrogens is 234 g/mol. The van der Waals surface area contributed by atoms with E-state index >= 15 is 0 Å². The van der Waals surface area contributed by atoms with E-state index in [1.165, 1.54) is 0 Å². The van der Waals surface area contributed by atoms with Crippen molar-refractivity contribution in [2.75, 3.05) is 13.2 Å². The highest BCUT2D eigenvalue weighted by Gasteiger charge is 2.33. The van der Waals surface area contributed by atoms with Gasteiger partial charge in [-0.2, -0.15) is 0 Å². The molecular formula is C13H17NO4. The van der Waals surface area contributed by atoms with Crippen molar-refractivity contribution in [2.45, 2.75) is 25.2 Å². The molecule has 0 aromatic heterocycles. The van der Waals surface area contributed by atoms with Crippen molar-refractivity contribution in [3.63, 3.8) is 0 Å². The second-order valence-electron chi connectivity index (χ2n) is 4.21. The number of amides is 1. The van der Waals surface area contributed by atoms with Crippen LogP contribution in [0.4, 0.5) is 4.79 Å². The lowest BCUT2D eigenvalue weighted by molar-refractivity contribution is 0.0614. The fourth-order valence-corrected chi connectivity index (χ4v) is 1.91. The van der Waals surface area contributed by atoms with Crippen LogP contribution in [-0.2, 0) is 16.1 Å². The molecule has 1 fully saturated rings. The molecule has 0 saturated carbocycles. The number of cyclic esters (lactones) is 1. The van der Waals surface area contributed by atoms with Gasteiger partial charge in [-0.1, -0.05) is 30.3 Å². The first-order chi connectivity index (χ1) is 8.79. The molecule has 1 aromatic carbocycles. The van der Waals surface area contributed by atoms with Crippen LogP contribution in [0, 0.1) is 0 Å². The zero-order chi connectivity index (χ0) is 12.8. The standard InChI is InChI=1S/C13H17NO4/c15-7-6-12-11(14-13(16)18-12)9-17-8-10-4-2-1-3-5-10/h1-5,11-12,15H,6-9H2,(H,14,16)/t11-,12-/m1/s1. The average molecular weight is 251 g/mol. The number of nitrogens with one attached hydrogen (secondary N) is 1. The predicted octanol–water partition coefficient (Wildman–Crippen LogP) is 1.06. The minimum atomic E-state index is -0.443. The number of alkyl carbamates (subject to hydrolysis) is 1. The fourth-order valence-electron chi connectivity index (χ4n) is 1.91. The Labute approximate surface area is 106 Å². The Hall–Kier alpha value is -1.59. The van der Waals surface area contributed by atoms with Gasteiger partial charge in [0.25, 0.3) is 0 Å². The van der Waals surface area contributed by atoms with Crippen LogP contribution in [0.5, 0.6) is 0 Å². The molecule has 1 aromatic rings. The number of benzene rings is 1. The molecule has 2 atom stereocenters. The number of hydrogen-bond acceptors (Lipinski definition) is 4. The molecule has 0 unspecified atom stereocenters. The molecule has 0 aliphatic carbocycles. The molecule has 0 bridgehead atoms. The molecule has 1 aliphatic heterocycles. The molecule has 5 nitrogen and oxygen atoms in total. The monoisotopic (exact) mass is 251 g/mol. The second-order valence-corrected chi connectivity index (χ2v) is 4.21. The minimum absolute atomic E-state index is 0.00515. The van der Waals surface area contributed by atoms with E-state index in [1.807, 2.05) is 30.3 Å². The third kappa shape index (κ3) is 3.45. The number of ether oxygens (including phenoxy) is 2. The Bertz CT molecular complexity index is 382. The summed E-state index contributed by atoms with van der Waals surface area (Å²) in [6, 6.07) is 9.63. The summed E-state index contributed by atoms with van der Waals surface area (Å²) in [5, 5.41) is 11.6. The van der Waals surface area contributed by atoms with E-state index in [9.17, 15) is 4.79 Å². The molecule has 98 valence electrons. The van der Waals surface area contributed by atoms with Crippen LogP contribution in [0.1, 0.15) is 12.0 Å². The molecule has 1 amide bonds.